The topological polar surface area (TPSA) is 49.3 Å². The van der Waals surface area contributed by atoms with Crippen molar-refractivity contribution in [2.24, 2.45) is 11.3 Å². The van der Waals surface area contributed by atoms with E-state index in [1.54, 1.807) is 0 Å². The molecule has 2 aliphatic rings. The lowest BCUT2D eigenvalue weighted by molar-refractivity contribution is -0.140. The lowest BCUT2D eigenvalue weighted by Crippen LogP contribution is -2.38. The first-order valence-corrected chi connectivity index (χ1v) is 6.63. The van der Waals surface area contributed by atoms with Crippen LogP contribution in [0.1, 0.15) is 51.4 Å². The van der Waals surface area contributed by atoms with Gasteiger partial charge in [0.25, 0.3) is 0 Å². The number of aliphatic carboxylic acids is 1. The van der Waals surface area contributed by atoms with Gasteiger partial charge in [0.15, 0.2) is 0 Å². The maximum Gasteiger partial charge on any atom is 0.303 e. The van der Waals surface area contributed by atoms with Crippen molar-refractivity contribution in [3.8, 4) is 0 Å². The summed E-state index contributed by atoms with van der Waals surface area (Å²) in [6, 6.07) is 0. The molecular weight excluding hydrogens is 238 g/mol. The quantitative estimate of drug-likeness (QED) is 0.773. The van der Waals surface area contributed by atoms with Crippen molar-refractivity contribution >= 4 is 18.4 Å². The van der Waals surface area contributed by atoms with Crippen LogP contribution >= 0.6 is 12.4 Å². The van der Waals surface area contributed by atoms with E-state index in [0.29, 0.717) is 6.42 Å². The summed E-state index contributed by atoms with van der Waals surface area (Å²) in [6.07, 6.45) is 8.96. The first kappa shape index (κ1) is 14.8. The fraction of sp³-hybridized carbons (Fsp3) is 0.923. The third-order valence-electron chi connectivity index (χ3n) is 4.07. The Kier molecular flexibility index (Phi) is 5.74. The maximum atomic E-state index is 11.0. The van der Waals surface area contributed by atoms with Crippen LogP contribution in [0.4, 0.5) is 0 Å². The van der Waals surface area contributed by atoms with Crippen molar-refractivity contribution in [2.75, 3.05) is 13.1 Å². The van der Waals surface area contributed by atoms with Crippen molar-refractivity contribution in [3.05, 3.63) is 0 Å². The van der Waals surface area contributed by atoms with Crippen LogP contribution in [0, 0.1) is 11.3 Å². The van der Waals surface area contributed by atoms with E-state index in [1.165, 1.54) is 32.1 Å². The molecule has 0 aromatic rings. The summed E-state index contributed by atoms with van der Waals surface area (Å²) in [4.78, 5) is 11.0. The van der Waals surface area contributed by atoms with Crippen molar-refractivity contribution in [1.82, 2.24) is 5.32 Å². The Morgan fingerprint density at radius 2 is 1.88 bits per heavy atom. The predicted octanol–water partition coefficient (Wildman–Crippen LogP) is 2.83. The van der Waals surface area contributed by atoms with Gasteiger partial charge < -0.3 is 10.4 Å². The van der Waals surface area contributed by atoms with Crippen LogP contribution in [-0.4, -0.2) is 24.2 Å². The van der Waals surface area contributed by atoms with Gasteiger partial charge in [-0.1, -0.05) is 19.3 Å². The molecule has 0 aliphatic heterocycles. The Bertz CT molecular complexity index is 248. The molecule has 2 N–H and O–H groups in total. The largest absolute Gasteiger partial charge is 0.481 e. The SMILES string of the molecule is Cl.O=C(O)CC1(CNCC2CC2)CCCCC1. The molecule has 2 fully saturated rings. The zero-order chi connectivity index (χ0) is 11.4. The summed E-state index contributed by atoms with van der Waals surface area (Å²) in [5.41, 5.74) is 0.0545. The van der Waals surface area contributed by atoms with Crippen LogP contribution in [-0.2, 0) is 4.79 Å². The molecule has 0 atom stereocenters. The van der Waals surface area contributed by atoms with Gasteiger partial charge in [0.05, 0.1) is 6.42 Å². The molecule has 100 valence electrons. The van der Waals surface area contributed by atoms with Gasteiger partial charge in [0.1, 0.15) is 0 Å². The van der Waals surface area contributed by atoms with Gasteiger partial charge in [-0.2, -0.15) is 0 Å². The summed E-state index contributed by atoms with van der Waals surface area (Å²) in [5, 5.41) is 12.5. The monoisotopic (exact) mass is 261 g/mol. The van der Waals surface area contributed by atoms with E-state index in [4.69, 9.17) is 5.11 Å². The van der Waals surface area contributed by atoms with Crippen LogP contribution in [0.5, 0.6) is 0 Å². The number of carbonyl (C=O) groups is 1. The third kappa shape index (κ3) is 4.84. The molecule has 0 aromatic carbocycles. The van der Waals surface area contributed by atoms with Crippen molar-refractivity contribution in [2.45, 2.75) is 51.4 Å². The number of carboxylic acids is 1. The highest BCUT2D eigenvalue weighted by molar-refractivity contribution is 5.85. The van der Waals surface area contributed by atoms with Crippen molar-refractivity contribution < 1.29 is 9.90 Å². The van der Waals surface area contributed by atoms with Crippen molar-refractivity contribution in [3.63, 3.8) is 0 Å². The van der Waals surface area contributed by atoms with Gasteiger partial charge in [-0.25, -0.2) is 0 Å². The molecule has 4 heteroatoms. The zero-order valence-electron chi connectivity index (χ0n) is 10.4. The van der Waals surface area contributed by atoms with Gasteiger partial charge in [-0.3, -0.25) is 4.79 Å². The standard InChI is InChI=1S/C13H23NO2.ClH/c15-12(16)8-13(6-2-1-3-7-13)10-14-9-11-4-5-11;/h11,14H,1-10H2,(H,15,16);1H. The molecule has 17 heavy (non-hydrogen) atoms. The molecule has 0 unspecified atom stereocenters. The lowest BCUT2D eigenvalue weighted by Gasteiger charge is -2.36. The Balaban J connectivity index is 0.00000144. The van der Waals surface area contributed by atoms with Gasteiger partial charge >= 0.3 is 5.97 Å². The predicted molar refractivity (Wildman–Crippen MR) is 70.6 cm³/mol. The third-order valence-corrected chi connectivity index (χ3v) is 4.07. The van der Waals surface area contributed by atoms with E-state index in [2.05, 4.69) is 5.32 Å². The van der Waals surface area contributed by atoms with Crippen LogP contribution in [0.2, 0.25) is 0 Å². The Labute approximate surface area is 110 Å². The average molecular weight is 262 g/mol. The Hall–Kier alpha value is -0.280. The number of hydrogen-bond donors (Lipinski definition) is 2. The summed E-state index contributed by atoms with van der Waals surface area (Å²) >= 11 is 0. The zero-order valence-corrected chi connectivity index (χ0v) is 11.2. The molecule has 0 amide bonds. The maximum absolute atomic E-state index is 11.0. The van der Waals surface area contributed by atoms with Gasteiger partial charge in [0.2, 0.25) is 0 Å². The van der Waals surface area contributed by atoms with E-state index in [0.717, 1.165) is 31.8 Å². The van der Waals surface area contributed by atoms with Crippen LogP contribution < -0.4 is 5.32 Å². The number of rotatable bonds is 6. The molecule has 0 aromatic heterocycles. The second-order valence-electron chi connectivity index (χ2n) is 5.71. The van der Waals surface area contributed by atoms with E-state index in [-0.39, 0.29) is 17.8 Å². The number of halogens is 1. The van der Waals surface area contributed by atoms with Gasteiger partial charge in [-0.05, 0) is 43.6 Å². The molecule has 0 radical (unpaired) electrons. The first-order chi connectivity index (χ1) is 7.70. The molecule has 3 nitrogen and oxygen atoms in total. The van der Waals surface area contributed by atoms with E-state index < -0.39 is 5.97 Å². The molecule has 0 saturated heterocycles. The number of hydrogen-bond acceptors (Lipinski definition) is 2. The number of nitrogens with one attached hydrogen (secondary N) is 1. The molecule has 0 heterocycles. The summed E-state index contributed by atoms with van der Waals surface area (Å²) in [5.74, 6) is 0.251. The second kappa shape index (κ2) is 6.60. The Morgan fingerprint density at radius 1 is 1.24 bits per heavy atom. The normalized spacial score (nSPS) is 22.8. The number of carboxylic acid groups (broad SMARTS) is 1. The van der Waals surface area contributed by atoms with Crippen LogP contribution in [0.25, 0.3) is 0 Å². The van der Waals surface area contributed by atoms with E-state index >= 15 is 0 Å². The molecule has 2 saturated carbocycles. The second-order valence-corrected chi connectivity index (χ2v) is 5.71. The molecular formula is C13H24ClNO2. The van der Waals surface area contributed by atoms with Crippen LogP contribution in [0.15, 0.2) is 0 Å². The molecule has 2 aliphatic carbocycles. The highest BCUT2D eigenvalue weighted by atomic mass is 35.5. The lowest BCUT2D eigenvalue weighted by atomic mass is 9.71. The Morgan fingerprint density at radius 3 is 2.41 bits per heavy atom. The average Bonchev–Trinajstić information content (AvgIpc) is 3.02. The van der Waals surface area contributed by atoms with Gasteiger partial charge in [0, 0.05) is 6.54 Å². The van der Waals surface area contributed by atoms with Crippen LogP contribution in [0.3, 0.4) is 0 Å². The molecule has 2 rings (SSSR count). The minimum atomic E-state index is -0.630. The van der Waals surface area contributed by atoms with E-state index in [1.807, 2.05) is 0 Å². The fourth-order valence-corrected chi connectivity index (χ4v) is 2.90. The summed E-state index contributed by atoms with van der Waals surface area (Å²) in [6.45, 7) is 2.01. The minimum Gasteiger partial charge on any atom is -0.481 e. The molecule has 0 spiro atoms. The minimum absolute atomic E-state index is 0. The highest BCUT2D eigenvalue weighted by Gasteiger charge is 2.34. The highest BCUT2D eigenvalue weighted by Crippen LogP contribution is 2.39. The molecule has 0 bridgehead atoms. The fourth-order valence-electron chi connectivity index (χ4n) is 2.90. The first-order valence-electron chi connectivity index (χ1n) is 6.63. The van der Waals surface area contributed by atoms with Crippen molar-refractivity contribution in [1.29, 1.82) is 0 Å². The summed E-state index contributed by atoms with van der Waals surface area (Å²) < 4.78 is 0. The summed E-state index contributed by atoms with van der Waals surface area (Å²) in [7, 11) is 0. The smallest absolute Gasteiger partial charge is 0.303 e. The van der Waals surface area contributed by atoms with E-state index in [9.17, 15) is 4.79 Å². The van der Waals surface area contributed by atoms with Gasteiger partial charge in [-0.15, -0.1) is 12.4 Å².